The zero-order valence-corrected chi connectivity index (χ0v) is 11.7. The smallest absolute Gasteiger partial charge is 0.216 e. The van der Waals surface area contributed by atoms with E-state index in [1.807, 2.05) is 13.8 Å². The summed E-state index contributed by atoms with van der Waals surface area (Å²) in [5.41, 5.74) is 6.51. The number of sulfonamides is 1. The van der Waals surface area contributed by atoms with E-state index in [-0.39, 0.29) is 5.75 Å². The van der Waals surface area contributed by atoms with Gasteiger partial charge in [0.05, 0.1) is 17.5 Å². The van der Waals surface area contributed by atoms with Crippen LogP contribution >= 0.6 is 0 Å². The van der Waals surface area contributed by atoms with Crippen LogP contribution < -0.4 is 5.73 Å². The fraction of sp³-hybridized carbons (Fsp3) is 0.583. The molecule has 6 heteroatoms. The molecule has 0 aliphatic rings. The van der Waals surface area contributed by atoms with E-state index >= 15 is 0 Å². The van der Waals surface area contributed by atoms with Gasteiger partial charge in [-0.05, 0) is 18.6 Å². The maximum absolute atomic E-state index is 12.2. The molecule has 0 radical (unpaired) electrons. The molecular formula is C12H21N3O2S. The topological polar surface area (TPSA) is 76.3 Å². The van der Waals surface area contributed by atoms with Crippen molar-refractivity contribution in [2.75, 3.05) is 18.8 Å². The summed E-state index contributed by atoms with van der Waals surface area (Å²) in [5.74, 6) is -0.0994. The molecule has 1 rings (SSSR count). The van der Waals surface area contributed by atoms with Gasteiger partial charge in [-0.3, -0.25) is 4.98 Å². The lowest BCUT2D eigenvalue weighted by Crippen LogP contribution is -2.37. The molecule has 2 N–H and O–H groups in total. The monoisotopic (exact) mass is 271 g/mol. The molecule has 18 heavy (non-hydrogen) atoms. The van der Waals surface area contributed by atoms with Gasteiger partial charge in [-0.1, -0.05) is 19.9 Å². The summed E-state index contributed by atoms with van der Waals surface area (Å²) in [6, 6.07) is 4.75. The highest BCUT2D eigenvalue weighted by atomic mass is 32.2. The number of rotatable bonds is 7. The average Bonchev–Trinajstić information content (AvgIpc) is 2.36. The quantitative estimate of drug-likeness (QED) is 0.807. The highest BCUT2D eigenvalue weighted by molar-refractivity contribution is 7.89. The van der Waals surface area contributed by atoms with E-state index in [1.54, 1.807) is 24.4 Å². The molecule has 1 aromatic rings. The van der Waals surface area contributed by atoms with Crippen molar-refractivity contribution in [2.45, 2.75) is 26.3 Å². The first-order chi connectivity index (χ1) is 8.51. The van der Waals surface area contributed by atoms with Crippen molar-refractivity contribution < 1.29 is 8.42 Å². The summed E-state index contributed by atoms with van der Waals surface area (Å²) in [5, 5.41) is 0. The van der Waals surface area contributed by atoms with Crippen LogP contribution in [-0.4, -0.2) is 36.5 Å². The molecular weight excluding hydrogens is 250 g/mol. The van der Waals surface area contributed by atoms with Crippen LogP contribution in [0.3, 0.4) is 0 Å². The second-order valence-corrected chi connectivity index (χ2v) is 6.14. The fourth-order valence-electron chi connectivity index (χ4n) is 1.76. The molecule has 0 saturated heterocycles. The summed E-state index contributed by atoms with van der Waals surface area (Å²) >= 11 is 0. The molecule has 0 amide bonds. The van der Waals surface area contributed by atoms with Crippen molar-refractivity contribution in [3.05, 3.63) is 30.1 Å². The lowest BCUT2D eigenvalue weighted by Gasteiger charge is -2.21. The van der Waals surface area contributed by atoms with Crippen LogP contribution in [0.2, 0.25) is 0 Å². The van der Waals surface area contributed by atoms with Crippen LogP contribution in [0, 0.1) is 0 Å². The van der Waals surface area contributed by atoms with Gasteiger partial charge >= 0.3 is 0 Å². The molecule has 0 fully saturated rings. The average molecular weight is 271 g/mol. The van der Waals surface area contributed by atoms with Crippen molar-refractivity contribution in [1.82, 2.24) is 9.29 Å². The number of nitrogens with two attached hydrogens (primary N) is 1. The van der Waals surface area contributed by atoms with Crippen molar-refractivity contribution >= 4 is 10.0 Å². The molecule has 0 bridgehead atoms. The molecule has 0 aliphatic heterocycles. The third kappa shape index (κ3) is 4.04. The van der Waals surface area contributed by atoms with Gasteiger partial charge in [-0.15, -0.1) is 0 Å². The Morgan fingerprint density at radius 1 is 1.39 bits per heavy atom. The van der Waals surface area contributed by atoms with E-state index in [2.05, 4.69) is 4.98 Å². The van der Waals surface area contributed by atoms with E-state index < -0.39 is 16.1 Å². The largest absolute Gasteiger partial charge is 0.322 e. The number of pyridine rings is 1. The standard InChI is InChI=1S/C12H21N3O2S/c1-3-9-15(4-2)18(16,17)10-11(13)12-7-5-6-8-14-12/h5-8,11H,3-4,9-10,13H2,1-2H3. The summed E-state index contributed by atoms with van der Waals surface area (Å²) in [6.45, 7) is 4.80. The van der Waals surface area contributed by atoms with E-state index in [0.29, 0.717) is 18.8 Å². The minimum Gasteiger partial charge on any atom is -0.322 e. The Labute approximate surface area is 109 Å². The molecule has 1 atom stereocenters. The first-order valence-electron chi connectivity index (χ1n) is 6.15. The Bertz CT molecular complexity index is 448. The zero-order valence-electron chi connectivity index (χ0n) is 10.9. The van der Waals surface area contributed by atoms with E-state index in [4.69, 9.17) is 5.73 Å². The van der Waals surface area contributed by atoms with Crippen LogP contribution in [0.1, 0.15) is 32.0 Å². The van der Waals surface area contributed by atoms with Gasteiger partial charge in [0.2, 0.25) is 10.0 Å². The predicted molar refractivity (Wildman–Crippen MR) is 72.5 cm³/mol. The van der Waals surface area contributed by atoms with Crippen LogP contribution in [-0.2, 0) is 10.0 Å². The van der Waals surface area contributed by atoms with Crippen LogP contribution in [0.15, 0.2) is 24.4 Å². The summed E-state index contributed by atoms with van der Waals surface area (Å²) in [4.78, 5) is 4.09. The highest BCUT2D eigenvalue weighted by Gasteiger charge is 2.24. The lowest BCUT2D eigenvalue weighted by atomic mass is 10.2. The van der Waals surface area contributed by atoms with Crippen molar-refractivity contribution in [3.8, 4) is 0 Å². The first kappa shape index (κ1) is 15.1. The molecule has 1 unspecified atom stereocenters. The molecule has 1 heterocycles. The Kier molecular flexibility index (Phi) is 5.71. The minimum atomic E-state index is -3.31. The van der Waals surface area contributed by atoms with E-state index in [0.717, 1.165) is 6.42 Å². The Morgan fingerprint density at radius 2 is 2.11 bits per heavy atom. The molecule has 0 saturated carbocycles. The van der Waals surface area contributed by atoms with Crippen LogP contribution in [0.25, 0.3) is 0 Å². The molecule has 0 aromatic carbocycles. The predicted octanol–water partition coefficient (Wildman–Crippen LogP) is 1.14. The van der Waals surface area contributed by atoms with E-state index in [9.17, 15) is 8.42 Å². The second-order valence-electron chi connectivity index (χ2n) is 4.13. The SMILES string of the molecule is CCCN(CC)S(=O)(=O)CC(N)c1ccccn1. The Balaban J connectivity index is 2.76. The number of nitrogens with zero attached hydrogens (tertiary/aromatic N) is 2. The Hall–Kier alpha value is -0.980. The summed E-state index contributed by atoms with van der Waals surface area (Å²) in [6.07, 6.45) is 2.41. The summed E-state index contributed by atoms with van der Waals surface area (Å²) in [7, 11) is -3.31. The van der Waals surface area contributed by atoms with Crippen molar-refractivity contribution in [1.29, 1.82) is 0 Å². The zero-order chi connectivity index (χ0) is 13.6. The summed E-state index contributed by atoms with van der Waals surface area (Å²) < 4.78 is 25.8. The first-order valence-corrected chi connectivity index (χ1v) is 7.76. The van der Waals surface area contributed by atoms with E-state index in [1.165, 1.54) is 4.31 Å². The fourth-order valence-corrected chi connectivity index (χ4v) is 3.45. The number of hydrogen-bond donors (Lipinski definition) is 1. The minimum absolute atomic E-state index is 0.0994. The third-order valence-corrected chi connectivity index (χ3v) is 4.68. The van der Waals surface area contributed by atoms with Crippen LogP contribution in [0.4, 0.5) is 0 Å². The van der Waals surface area contributed by atoms with Gasteiger partial charge < -0.3 is 5.73 Å². The second kappa shape index (κ2) is 6.82. The van der Waals surface area contributed by atoms with Gasteiger partial charge in [0, 0.05) is 19.3 Å². The normalized spacial score (nSPS) is 13.8. The highest BCUT2D eigenvalue weighted by Crippen LogP contribution is 2.12. The van der Waals surface area contributed by atoms with Gasteiger partial charge in [0.15, 0.2) is 0 Å². The van der Waals surface area contributed by atoms with Crippen molar-refractivity contribution in [3.63, 3.8) is 0 Å². The maximum atomic E-state index is 12.2. The van der Waals surface area contributed by atoms with Crippen molar-refractivity contribution in [2.24, 2.45) is 5.73 Å². The third-order valence-electron chi connectivity index (χ3n) is 2.68. The molecule has 5 nitrogen and oxygen atoms in total. The maximum Gasteiger partial charge on any atom is 0.216 e. The molecule has 0 spiro atoms. The van der Waals surface area contributed by atoms with Gasteiger partial charge in [-0.25, -0.2) is 12.7 Å². The van der Waals surface area contributed by atoms with Gasteiger partial charge in [0.25, 0.3) is 0 Å². The van der Waals surface area contributed by atoms with Gasteiger partial charge in [0.1, 0.15) is 0 Å². The van der Waals surface area contributed by atoms with Gasteiger partial charge in [-0.2, -0.15) is 0 Å². The molecule has 0 aliphatic carbocycles. The Morgan fingerprint density at radius 3 is 2.61 bits per heavy atom. The number of aromatic nitrogens is 1. The molecule has 102 valence electrons. The number of hydrogen-bond acceptors (Lipinski definition) is 4. The lowest BCUT2D eigenvalue weighted by molar-refractivity contribution is 0.424. The van der Waals surface area contributed by atoms with Crippen LogP contribution in [0.5, 0.6) is 0 Å². The molecule has 1 aromatic heterocycles.